The summed E-state index contributed by atoms with van der Waals surface area (Å²) in [6.45, 7) is 0. The van der Waals surface area contributed by atoms with E-state index in [1.165, 1.54) is 36.9 Å². The average Bonchev–Trinajstić information content (AvgIpc) is 2.39. The number of aromatic nitrogens is 2. The van der Waals surface area contributed by atoms with Gasteiger partial charge in [0.2, 0.25) is 0 Å². The molecule has 6 heteroatoms. The lowest BCUT2D eigenvalue weighted by atomic mass is 10.2. The van der Waals surface area contributed by atoms with Crippen LogP contribution < -0.4 is 4.74 Å². The molecule has 0 saturated carbocycles. The van der Waals surface area contributed by atoms with Gasteiger partial charge in [-0.05, 0) is 17.3 Å². The number of ether oxygens (including phenoxy) is 1. The quantitative estimate of drug-likeness (QED) is 0.750. The van der Waals surface area contributed by atoms with E-state index >= 15 is 0 Å². The highest BCUT2D eigenvalue weighted by molar-refractivity contribution is 5.51. The molecular weight excluding hydrogens is 220 g/mol. The minimum Gasteiger partial charge on any atom is -0.454 e. The molecule has 0 bridgehead atoms. The van der Waals surface area contributed by atoms with Crippen LogP contribution in [-0.4, -0.2) is 9.97 Å². The molecule has 0 N–H and O–H groups in total. The standard InChI is InChI=1S/C11H6N4O2/c12-4-8-1-9(15-16)3-10(2-8)17-11-5-13-7-14-6-11/h1-3,5-7H. The van der Waals surface area contributed by atoms with E-state index in [9.17, 15) is 4.91 Å². The smallest absolute Gasteiger partial charge is 0.163 e. The fourth-order valence-electron chi connectivity index (χ4n) is 1.23. The third-order valence-corrected chi connectivity index (χ3v) is 1.90. The van der Waals surface area contributed by atoms with E-state index in [1.54, 1.807) is 0 Å². The van der Waals surface area contributed by atoms with Crippen LogP contribution >= 0.6 is 0 Å². The summed E-state index contributed by atoms with van der Waals surface area (Å²) in [6, 6.07) is 6.23. The van der Waals surface area contributed by atoms with Gasteiger partial charge in [-0.25, -0.2) is 9.97 Å². The highest BCUT2D eigenvalue weighted by atomic mass is 16.5. The monoisotopic (exact) mass is 226 g/mol. The third kappa shape index (κ3) is 2.60. The molecule has 0 fully saturated rings. The van der Waals surface area contributed by atoms with Crippen molar-refractivity contribution in [3.63, 3.8) is 0 Å². The van der Waals surface area contributed by atoms with Gasteiger partial charge in [0.25, 0.3) is 0 Å². The van der Waals surface area contributed by atoms with Crippen LogP contribution in [0.25, 0.3) is 0 Å². The van der Waals surface area contributed by atoms with Crippen LogP contribution in [0.4, 0.5) is 5.69 Å². The van der Waals surface area contributed by atoms with Gasteiger partial charge >= 0.3 is 0 Å². The van der Waals surface area contributed by atoms with Gasteiger partial charge in [0, 0.05) is 6.07 Å². The van der Waals surface area contributed by atoms with E-state index in [0.29, 0.717) is 17.1 Å². The molecule has 0 atom stereocenters. The van der Waals surface area contributed by atoms with E-state index in [0.717, 1.165) is 0 Å². The van der Waals surface area contributed by atoms with Crippen LogP contribution in [-0.2, 0) is 0 Å². The topological polar surface area (TPSA) is 88.2 Å². The molecule has 1 aromatic carbocycles. The summed E-state index contributed by atoms with van der Waals surface area (Å²) >= 11 is 0. The molecule has 2 rings (SSSR count). The molecule has 82 valence electrons. The third-order valence-electron chi connectivity index (χ3n) is 1.90. The van der Waals surface area contributed by atoms with E-state index in [1.807, 2.05) is 6.07 Å². The molecule has 1 aromatic heterocycles. The zero-order valence-electron chi connectivity index (χ0n) is 8.57. The Hall–Kier alpha value is -2.81. The second kappa shape index (κ2) is 4.81. The summed E-state index contributed by atoms with van der Waals surface area (Å²) < 4.78 is 5.39. The van der Waals surface area contributed by atoms with Gasteiger partial charge in [-0.3, -0.25) is 0 Å². The molecule has 0 unspecified atom stereocenters. The Morgan fingerprint density at radius 2 is 1.94 bits per heavy atom. The Morgan fingerprint density at radius 1 is 1.18 bits per heavy atom. The summed E-state index contributed by atoms with van der Waals surface area (Å²) in [5.74, 6) is 0.757. The van der Waals surface area contributed by atoms with Gasteiger partial charge < -0.3 is 4.74 Å². The van der Waals surface area contributed by atoms with Gasteiger partial charge in [0.1, 0.15) is 17.8 Å². The lowest BCUT2D eigenvalue weighted by Crippen LogP contribution is -1.87. The predicted molar refractivity (Wildman–Crippen MR) is 58.7 cm³/mol. The fourth-order valence-corrected chi connectivity index (χ4v) is 1.23. The van der Waals surface area contributed by atoms with Crippen molar-refractivity contribution < 1.29 is 4.74 Å². The molecule has 0 amide bonds. The zero-order chi connectivity index (χ0) is 12.1. The van der Waals surface area contributed by atoms with Gasteiger partial charge in [-0.15, -0.1) is 4.91 Å². The Labute approximate surface area is 96.5 Å². The molecule has 0 aliphatic rings. The lowest BCUT2D eigenvalue weighted by molar-refractivity contribution is 0.477. The maximum atomic E-state index is 10.4. The number of hydrogen-bond donors (Lipinski definition) is 0. The summed E-state index contributed by atoms with van der Waals surface area (Å²) in [5.41, 5.74) is 0.435. The van der Waals surface area contributed by atoms with Crippen LogP contribution in [0.15, 0.2) is 42.1 Å². The van der Waals surface area contributed by atoms with Crippen molar-refractivity contribution in [2.24, 2.45) is 5.18 Å². The van der Waals surface area contributed by atoms with Crippen LogP contribution in [0.5, 0.6) is 11.5 Å². The van der Waals surface area contributed by atoms with Crippen molar-refractivity contribution in [1.82, 2.24) is 9.97 Å². The summed E-state index contributed by atoms with van der Waals surface area (Å²) in [7, 11) is 0. The predicted octanol–water partition coefficient (Wildman–Crippen LogP) is 2.54. The number of benzene rings is 1. The number of nitrogens with zero attached hydrogens (tertiary/aromatic N) is 4. The number of nitroso groups, excluding NO2 is 1. The van der Waals surface area contributed by atoms with Crippen molar-refractivity contribution in [1.29, 1.82) is 5.26 Å². The maximum absolute atomic E-state index is 10.4. The van der Waals surface area contributed by atoms with Crippen molar-refractivity contribution in [2.45, 2.75) is 0 Å². The zero-order valence-corrected chi connectivity index (χ0v) is 8.57. The van der Waals surface area contributed by atoms with Crippen molar-refractivity contribution in [3.05, 3.63) is 47.4 Å². The first kappa shape index (κ1) is 10.7. The van der Waals surface area contributed by atoms with E-state index in [-0.39, 0.29) is 5.69 Å². The van der Waals surface area contributed by atoms with Crippen LogP contribution in [0.3, 0.4) is 0 Å². The highest BCUT2D eigenvalue weighted by Crippen LogP contribution is 2.26. The molecule has 0 spiro atoms. The number of hydrogen-bond acceptors (Lipinski definition) is 6. The highest BCUT2D eigenvalue weighted by Gasteiger charge is 2.03. The Morgan fingerprint density at radius 3 is 2.59 bits per heavy atom. The van der Waals surface area contributed by atoms with Gasteiger partial charge in [0.15, 0.2) is 5.75 Å². The molecule has 0 saturated heterocycles. The maximum Gasteiger partial charge on any atom is 0.163 e. The second-order valence-corrected chi connectivity index (χ2v) is 3.09. The Bertz CT molecular complexity index is 578. The average molecular weight is 226 g/mol. The second-order valence-electron chi connectivity index (χ2n) is 3.09. The van der Waals surface area contributed by atoms with Crippen molar-refractivity contribution in [3.8, 4) is 17.6 Å². The molecule has 0 radical (unpaired) electrons. The van der Waals surface area contributed by atoms with Crippen molar-refractivity contribution >= 4 is 5.69 Å². The first-order valence-electron chi connectivity index (χ1n) is 4.63. The van der Waals surface area contributed by atoms with Gasteiger partial charge in [-0.2, -0.15) is 5.26 Å². The van der Waals surface area contributed by atoms with Gasteiger partial charge in [-0.1, -0.05) is 0 Å². The summed E-state index contributed by atoms with van der Waals surface area (Å²) in [5, 5.41) is 11.5. The lowest BCUT2D eigenvalue weighted by Gasteiger charge is -2.04. The van der Waals surface area contributed by atoms with E-state index in [2.05, 4.69) is 15.1 Å². The summed E-state index contributed by atoms with van der Waals surface area (Å²) in [4.78, 5) is 18.0. The first-order chi connectivity index (χ1) is 8.31. The normalized spacial score (nSPS) is 9.35. The number of rotatable bonds is 3. The molecule has 17 heavy (non-hydrogen) atoms. The number of nitriles is 1. The van der Waals surface area contributed by atoms with Crippen LogP contribution in [0.1, 0.15) is 5.56 Å². The van der Waals surface area contributed by atoms with Gasteiger partial charge in [0.05, 0.1) is 24.0 Å². The minimum atomic E-state index is 0.135. The fraction of sp³-hybridized carbons (Fsp3) is 0. The molecule has 0 aliphatic carbocycles. The molecule has 2 aromatic rings. The largest absolute Gasteiger partial charge is 0.454 e. The minimum absolute atomic E-state index is 0.135. The molecule has 6 nitrogen and oxygen atoms in total. The Kier molecular flexibility index (Phi) is 3.03. The van der Waals surface area contributed by atoms with Crippen LogP contribution in [0, 0.1) is 16.2 Å². The van der Waals surface area contributed by atoms with E-state index < -0.39 is 0 Å². The van der Waals surface area contributed by atoms with Crippen LogP contribution in [0.2, 0.25) is 0 Å². The first-order valence-corrected chi connectivity index (χ1v) is 4.63. The molecule has 1 heterocycles. The van der Waals surface area contributed by atoms with E-state index in [4.69, 9.17) is 10.00 Å². The summed E-state index contributed by atoms with van der Waals surface area (Å²) in [6.07, 6.45) is 4.32. The molecular formula is C11H6N4O2. The molecule has 0 aliphatic heterocycles. The van der Waals surface area contributed by atoms with Crippen molar-refractivity contribution in [2.75, 3.05) is 0 Å². The SMILES string of the molecule is N#Cc1cc(N=O)cc(Oc2cncnc2)c1. The Balaban J connectivity index is 2.33.